The zero-order valence-corrected chi connectivity index (χ0v) is 9.66. The highest BCUT2D eigenvalue weighted by atomic mass is 32.1. The van der Waals surface area contributed by atoms with Gasteiger partial charge in [0.15, 0.2) is 0 Å². The summed E-state index contributed by atoms with van der Waals surface area (Å²) in [5.41, 5.74) is 0.167. The van der Waals surface area contributed by atoms with Crippen molar-refractivity contribution in [2.45, 2.75) is 6.43 Å². The number of alkyl halides is 2. The van der Waals surface area contributed by atoms with E-state index in [1.807, 2.05) is 0 Å². The van der Waals surface area contributed by atoms with Gasteiger partial charge in [0, 0.05) is 5.56 Å². The van der Waals surface area contributed by atoms with Crippen molar-refractivity contribution >= 4 is 18.4 Å². The molecule has 0 bridgehead atoms. The molecule has 1 heterocycles. The van der Waals surface area contributed by atoms with Crippen LogP contribution in [0.15, 0.2) is 29.4 Å². The number of rotatable bonds is 3. The zero-order valence-electron chi connectivity index (χ0n) is 8.85. The maximum atomic E-state index is 13.3. The Morgan fingerprint density at radius 3 is 2.78 bits per heavy atom. The minimum atomic E-state index is -2.82. The van der Waals surface area contributed by atoms with E-state index in [2.05, 4.69) is 15.3 Å². The van der Waals surface area contributed by atoms with E-state index in [9.17, 15) is 13.2 Å². The lowest BCUT2D eigenvalue weighted by Crippen LogP contribution is -2.00. The molecule has 0 spiro atoms. The van der Waals surface area contributed by atoms with Gasteiger partial charge in [-0.1, -0.05) is 18.2 Å². The van der Waals surface area contributed by atoms with Gasteiger partial charge in [0.1, 0.15) is 5.82 Å². The van der Waals surface area contributed by atoms with Crippen LogP contribution in [0.3, 0.4) is 0 Å². The van der Waals surface area contributed by atoms with Gasteiger partial charge in [-0.15, -0.1) is 0 Å². The first-order valence-electron chi connectivity index (χ1n) is 4.84. The van der Waals surface area contributed by atoms with Crippen LogP contribution in [0.4, 0.5) is 13.2 Å². The van der Waals surface area contributed by atoms with Crippen LogP contribution in [-0.4, -0.2) is 21.1 Å². The van der Waals surface area contributed by atoms with Gasteiger partial charge in [0.05, 0.1) is 6.21 Å². The molecule has 2 rings (SSSR count). The van der Waals surface area contributed by atoms with Crippen LogP contribution in [0.25, 0.3) is 0 Å². The van der Waals surface area contributed by atoms with E-state index < -0.39 is 18.1 Å². The van der Waals surface area contributed by atoms with Crippen LogP contribution in [0.1, 0.15) is 17.8 Å². The highest BCUT2D eigenvalue weighted by molar-refractivity contribution is 7.71. The third-order valence-corrected chi connectivity index (χ3v) is 2.35. The molecule has 0 radical (unpaired) electrons. The predicted octanol–water partition coefficient (Wildman–Crippen LogP) is 2.90. The second-order valence-electron chi connectivity index (χ2n) is 3.27. The summed E-state index contributed by atoms with van der Waals surface area (Å²) in [6, 6.07) is 5.82. The second kappa shape index (κ2) is 5.13. The van der Waals surface area contributed by atoms with Gasteiger partial charge in [-0.2, -0.15) is 14.9 Å². The van der Waals surface area contributed by atoms with Crippen LogP contribution in [-0.2, 0) is 0 Å². The van der Waals surface area contributed by atoms with Gasteiger partial charge < -0.3 is 0 Å². The van der Waals surface area contributed by atoms with E-state index in [0.717, 1.165) is 10.9 Å². The molecule has 1 aromatic carbocycles. The van der Waals surface area contributed by atoms with Crippen LogP contribution in [0.5, 0.6) is 0 Å². The summed E-state index contributed by atoms with van der Waals surface area (Å²) >= 11 is 4.74. The Labute approximate surface area is 105 Å². The minimum absolute atomic E-state index is 0.0853. The molecule has 1 aromatic heterocycles. The summed E-state index contributed by atoms with van der Waals surface area (Å²) in [6.07, 6.45) is -1.72. The molecule has 0 fully saturated rings. The van der Waals surface area contributed by atoms with E-state index in [4.69, 9.17) is 12.2 Å². The van der Waals surface area contributed by atoms with Gasteiger partial charge in [-0.05, 0) is 18.3 Å². The predicted molar refractivity (Wildman–Crippen MR) is 61.8 cm³/mol. The van der Waals surface area contributed by atoms with Crippen LogP contribution in [0.2, 0.25) is 0 Å². The van der Waals surface area contributed by atoms with Gasteiger partial charge in [-0.25, -0.2) is 18.3 Å². The summed E-state index contributed by atoms with van der Waals surface area (Å²) in [5, 5.41) is 9.23. The molecule has 0 aliphatic heterocycles. The van der Waals surface area contributed by atoms with Crippen molar-refractivity contribution in [1.82, 2.24) is 14.9 Å². The number of H-pyrrole nitrogens is 1. The Balaban J connectivity index is 2.38. The standard InChI is InChI=1S/C10H7F3N4S/c11-7-4-2-1-3-6(7)5-14-17-9(8(12)13)15-16-10(17)18/h1-5,8H,(H,16,18)/b14-5-. The Hall–Kier alpha value is -1.96. The molecule has 8 heteroatoms. The molecule has 0 aliphatic carbocycles. The summed E-state index contributed by atoms with van der Waals surface area (Å²) in [4.78, 5) is 0. The number of aromatic amines is 1. The van der Waals surface area contributed by atoms with Crippen molar-refractivity contribution in [3.05, 3.63) is 46.2 Å². The Bertz CT molecular complexity index is 632. The van der Waals surface area contributed by atoms with Gasteiger partial charge in [0.25, 0.3) is 6.43 Å². The quantitative estimate of drug-likeness (QED) is 0.689. The maximum Gasteiger partial charge on any atom is 0.299 e. The number of aromatic nitrogens is 3. The molecule has 2 aromatic rings. The molecule has 1 N–H and O–H groups in total. The number of nitrogens with zero attached hydrogens (tertiary/aromatic N) is 3. The summed E-state index contributed by atoms with van der Waals surface area (Å²) in [7, 11) is 0. The molecule has 0 aliphatic rings. The average Bonchev–Trinajstić information content (AvgIpc) is 2.70. The minimum Gasteiger partial charge on any atom is -0.250 e. The Morgan fingerprint density at radius 1 is 1.39 bits per heavy atom. The third-order valence-electron chi connectivity index (χ3n) is 2.09. The van der Waals surface area contributed by atoms with Gasteiger partial charge in [0.2, 0.25) is 10.6 Å². The van der Waals surface area contributed by atoms with Crippen LogP contribution < -0.4 is 0 Å². The second-order valence-corrected chi connectivity index (χ2v) is 3.65. The molecular formula is C10H7F3N4S. The number of nitrogens with one attached hydrogen (secondary N) is 1. The summed E-state index contributed by atoms with van der Waals surface area (Å²) < 4.78 is 39.0. The van der Waals surface area contributed by atoms with Crippen molar-refractivity contribution in [3.63, 3.8) is 0 Å². The molecule has 0 amide bonds. The van der Waals surface area contributed by atoms with Gasteiger partial charge >= 0.3 is 0 Å². The van der Waals surface area contributed by atoms with E-state index in [-0.39, 0.29) is 10.3 Å². The van der Waals surface area contributed by atoms with Crippen molar-refractivity contribution in [3.8, 4) is 0 Å². The van der Waals surface area contributed by atoms with E-state index in [1.165, 1.54) is 18.2 Å². The zero-order chi connectivity index (χ0) is 13.1. The molecule has 0 unspecified atom stereocenters. The molecule has 4 nitrogen and oxygen atoms in total. The fourth-order valence-corrected chi connectivity index (χ4v) is 1.44. The number of hydrogen-bond donors (Lipinski definition) is 1. The molecule has 0 saturated carbocycles. The van der Waals surface area contributed by atoms with Crippen molar-refractivity contribution in [2.75, 3.05) is 0 Å². The highest BCUT2D eigenvalue weighted by Crippen LogP contribution is 2.16. The average molecular weight is 272 g/mol. The highest BCUT2D eigenvalue weighted by Gasteiger charge is 2.15. The largest absolute Gasteiger partial charge is 0.299 e. The number of halogens is 3. The smallest absolute Gasteiger partial charge is 0.250 e. The van der Waals surface area contributed by atoms with Crippen LogP contribution in [0, 0.1) is 10.6 Å². The molecule has 0 atom stereocenters. The Morgan fingerprint density at radius 2 is 2.11 bits per heavy atom. The van der Waals surface area contributed by atoms with Crippen molar-refractivity contribution < 1.29 is 13.2 Å². The Kier molecular flexibility index (Phi) is 3.56. The van der Waals surface area contributed by atoms with E-state index >= 15 is 0 Å². The first-order chi connectivity index (χ1) is 8.59. The van der Waals surface area contributed by atoms with Gasteiger partial charge in [-0.3, -0.25) is 0 Å². The fraction of sp³-hybridized carbons (Fsp3) is 0.100. The molecule has 0 saturated heterocycles. The lowest BCUT2D eigenvalue weighted by Gasteiger charge is -1.99. The third kappa shape index (κ3) is 2.48. The van der Waals surface area contributed by atoms with Crippen LogP contribution >= 0.6 is 12.2 Å². The lowest BCUT2D eigenvalue weighted by atomic mass is 10.2. The maximum absolute atomic E-state index is 13.3. The molecule has 94 valence electrons. The number of benzene rings is 1. The fourth-order valence-electron chi connectivity index (χ4n) is 1.26. The van der Waals surface area contributed by atoms with E-state index in [1.54, 1.807) is 6.07 Å². The number of hydrogen-bond acceptors (Lipinski definition) is 3. The summed E-state index contributed by atoms with van der Waals surface area (Å²) in [5.74, 6) is -1.12. The van der Waals surface area contributed by atoms with E-state index in [0.29, 0.717) is 0 Å². The SMILES string of the molecule is Fc1ccccc1/C=N\n1c(C(F)F)n[nH]c1=S. The first kappa shape index (κ1) is 12.5. The molecular weight excluding hydrogens is 265 g/mol. The monoisotopic (exact) mass is 272 g/mol. The summed E-state index contributed by atoms with van der Waals surface area (Å²) in [6.45, 7) is 0. The normalized spacial score (nSPS) is 11.6. The first-order valence-corrected chi connectivity index (χ1v) is 5.25. The van der Waals surface area contributed by atoms with Crippen molar-refractivity contribution in [1.29, 1.82) is 0 Å². The topological polar surface area (TPSA) is 46.0 Å². The van der Waals surface area contributed by atoms with Crippen molar-refractivity contribution in [2.24, 2.45) is 5.10 Å². The molecule has 18 heavy (non-hydrogen) atoms. The lowest BCUT2D eigenvalue weighted by molar-refractivity contribution is 0.136.